The van der Waals surface area contributed by atoms with Gasteiger partial charge in [0.15, 0.2) is 9.84 Å². The molecule has 1 aliphatic carbocycles. The van der Waals surface area contributed by atoms with Crippen LogP contribution in [0.4, 0.5) is 0 Å². The predicted molar refractivity (Wildman–Crippen MR) is 77.8 cm³/mol. The summed E-state index contributed by atoms with van der Waals surface area (Å²) in [6, 6.07) is -0.0953. The fraction of sp³-hybridized carbons (Fsp3) is 1.00. The summed E-state index contributed by atoms with van der Waals surface area (Å²) in [6.45, 7) is 6.79. The lowest BCUT2D eigenvalue weighted by Gasteiger charge is -2.31. The van der Waals surface area contributed by atoms with E-state index < -0.39 is 24.9 Å². The van der Waals surface area contributed by atoms with E-state index in [-0.39, 0.29) is 23.0 Å². The molecule has 0 aromatic rings. The van der Waals surface area contributed by atoms with Crippen LogP contribution in [0.2, 0.25) is 0 Å². The quantitative estimate of drug-likeness (QED) is 0.777. The second kappa shape index (κ2) is 5.69. The standard InChI is InChI=1S/C12H25NO4S2/c1-5-13-11-10(6-7-12(11,2)3)19(16,17)9-8-18(4,14)15/h10-11,13H,5-9H2,1-4H3. The van der Waals surface area contributed by atoms with Crippen LogP contribution in [0.5, 0.6) is 0 Å². The maximum atomic E-state index is 12.3. The molecule has 0 aliphatic heterocycles. The molecule has 0 radical (unpaired) electrons. The summed E-state index contributed by atoms with van der Waals surface area (Å²) >= 11 is 0. The first-order valence-corrected chi connectivity index (χ1v) is 10.4. The second-order valence-corrected chi connectivity index (χ2v) is 10.7. The summed E-state index contributed by atoms with van der Waals surface area (Å²) in [6.07, 6.45) is 2.52. The van der Waals surface area contributed by atoms with Crippen LogP contribution in [0, 0.1) is 5.41 Å². The van der Waals surface area contributed by atoms with Gasteiger partial charge in [0.05, 0.1) is 16.8 Å². The van der Waals surface area contributed by atoms with Gasteiger partial charge >= 0.3 is 0 Å². The third-order valence-corrected chi connectivity index (χ3v) is 7.32. The van der Waals surface area contributed by atoms with Gasteiger partial charge in [0, 0.05) is 12.3 Å². The van der Waals surface area contributed by atoms with Gasteiger partial charge in [0.2, 0.25) is 0 Å². The van der Waals surface area contributed by atoms with Crippen molar-refractivity contribution in [3.8, 4) is 0 Å². The van der Waals surface area contributed by atoms with Crippen LogP contribution in [0.25, 0.3) is 0 Å². The largest absolute Gasteiger partial charge is 0.312 e. The minimum absolute atomic E-state index is 0.0706. The van der Waals surface area contributed by atoms with Gasteiger partial charge < -0.3 is 5.32 Å². The Bertz CT molecular complexity index is 508. The van der Waals surface area contributed by atoms with Gasteiger partial charge in [-0.3, -0.25) is 0 Å². The lowest BCUT2D eigenvalue weighted by molar-refractivity contribution is 0.288. The molecule has 0 aromatic heterocycles. The molecule has 7 heteroatoms. The molecule has 0 amide bonds. The third kappa shape index (κ3) is 4.43. The highest BCUT2D eigenvalue weighted by atomic mass is 32.2. The van der Waals surface area contributed by atoms with E-state index in [0.717, 1.165) is 12.7 Å². The Morgan fingerprint density at radius 3 is 2.21 bits per heavy atom. The number of sulfone groups is 2. The van der Waals surface area contributed by atoms with E-state index in [9.17, 15) is 16.8 Å². The van der Waals surface area contributed by atoms with E-state index >= 15 is 0 Å². The van der Waals surface area contributed by atoms with Gasteiger partial charge in [-0.25, -0.2) is 16.8 Å². The molecule has 0 spiro atoms. The van der Waals surface area contributed by atoms with Crippen molar-refractivity contribution < 1.29 is 16.8 Å². The fourth-order valence-electron chi connectivity index (χ4n) is 2.77. The van der Waals surface area contributed by atoms with E-state index in [4.69, 9.17) is 0 Å². The number of rotatable bonds is 6. The van der Waals surface area contributed by atoms with Crippen molar-refractivity contribution >= 4 is 19.7 Å². The van der Waals surface area contributed by atoms with E-state index in [2.05, 4.69) is 19.2 Å². The molecule has 0 aromatic carbocycles. The molecule has 1 fully saturated rings. The minimum atomic E-state index is -3.38. The van der Waals surface area contributed by atoms with Crippen molar-refractivity contribution in [1.29, 1.82) is 0 Å². The molecule has 114 valence electrons. The maximum Gasteiger partial charge on any atom is 0.155 e. The number of nitrogens with one attached hydrogen (secondary N) is 1. The fourth-order valence-corrected chi connectivity index (χ4v) is 6.57. The van der Waals surface area contributed by atoms with Gasteiger partial charge in [0.1, 0.15) is 9.84 Å². The number of hydrogen-bond donors (Lipinski definition) is 1. The molecule has 5 nitrogen and oxygen atoms in total. The zero-order valence-corrected chi connectivity index (χ0v) is 13.8. The lowest BCUT2D eigenvalue weighted by atomic mass is 9.87. The first-order chi connectivity index (χ1) is 8.49. The van der Waals surface area contributed by atoms with E-state index in [0.29, 0.717) is 13.0 Å². The van der Waals surface area contributed by atoms with E-state index in [1.165, 1.54) is 0 Å². The minimum Gasteiger partial charge on any atom is -0.312 e. The Balaban J connectivity index is 2.88. The molecule has 19 heavy (non-hydrogen) atoms. The second-order valence-electron chi connectivity index (χ2n) is 6.10. The molecule has 1 N–H and O–H groups in total. The summed E-state index contributed by atoms with van der Waals surface area (Å²) < 4.78 is 47.0. The molecular formula is C12H25NO4S2. The average molecular weight is 311 g/mol. The molecule has 2 atom stereocenters. The van der Waals surface area contributed by atoms with Gasteiger partial charge in [-0.1, -0.05) is 20.8 Å². The van der Waals surface area contributed by atoms with Crippen molar-refractivity contribution in [2.75, 3.05) is 24.3 Å². The Hall–Kier alpha value is -0.140. The van der Waals surface area contributed by atoms with Crippen molar-refractivity contribution in [3.05, 3.63) is 0 Å². The monoisotopic (exact) mass is 311 g/mol. The molecule has 0 heterocycles. The highest BCUT2D eigenvalue weighted by Gasteiger charge is 2.47. The van der Waals surface area contributed by atoms with E-state index in [1.807, 2.05) is 6.92 Å². The molecule has 0 bridgehead atoms. The summed E-state index contributed by atoms with van der Waals surface area (Å²) in [7, 11) is -6.62. The topological polar surface area (TPSA) is 80.3 Å². The predicted octanol–water partition coefficient (Wildman–Crippen LogP) is 0.613. The summed E-state index contributed by atoms with van der Waals surface area (Å²) in [5.41, 5.74) is -0.0706. The van der Waals surface area contributed by atoms with Gasteiger partial charge in [-0.05, 0) is 24.8 Å². The van der Waals surface area contributed by atoms with Crippen molar-refractivity contribution in [2.24, 2.45) is 5.41 Å². The Labute approximate surface area is 117 Å². The van der Waals surface area contributed by atoms with Crippen LogP contribution in [-0.4, -0.2) is 52.4 Å². The highest BCUT2D eigenvalue weighted by Crippen LogP contribution is 2.40. The zero-order valence-electron chi connectivity index (χ0n) is 12.1. The summed E-state index contributed by atoms with van der Waals surface area (Å²) in [5, 5.41) is 2.79. The highest BCUT2D eigenvalue weighted by molar-refractivity contribution is 7.95. The Kier molecular flexibility index (Phi) is 5.07. The SMILES string of the molecule is CCNC1C(S(=O)(=O)CCS(C)(=O)=O)CCC1(C)C. The van der Waals surface area contributed by atoms with Crippen molar-refractivity contribution in [2.45, 2.75) is 44.9 Å². The van der Waals surface area contributed by atoms with Crippen molar-refractivity contribution in [1.82, 2.24) is 5.32 Å². The molecule has 1 aliphatic rings. The Morgan fingerprint density at radius 1 is 1.16 bits per heavy atom. The maximum absolute atomic E-state index is 12.3. The smallest absolute Gasteiger partial charge is 0.155 e. The van der Waals surface area contributed by atoms with Gasteiger partial charge in [-0.2, -0.15) is 0 Å². The average Bonchev–Trinajstić information content (AvgIpc) is 2.53. The molecule has 1 saturated carbocycles. The first-order valence-electron chi connectivity index (χ1n) is 6.62. The normalized spacial score (nSPS) is 27.6. The molecular weight excluding hydrogens is 286 g/mol. The van der Waals surface area contributed by atoms with Crippen LogP contribution in [-0.2, 0) is 19.7 Å². The van der Waals surface area contributed by atoms with Crippen molar-refractivity contribution in [3.63, 3.8) is 0 Å². The summed E-state index contributed by atoms with van der Waals surface area (Å²) in [4.78, 5) is 0. The lowest BCUT2D eigenvalue weighted by Crippen LogP contribution is -2.48. The van der Waals surface area contributed by atoms with Gasteiger partial charge in [0.25, 0.3) is 0 Å². The first kappa shape index (κ1) is 16.9. The molecule has 2 unspecified atom stereocenters. The van der Waals surface area contributed by atoms with E-state index in [1.54, 1.807) is 0 Å². The molecule has 1 rings (SSSR count). The summed E-state index contributed by atoms with van der Waals surface area (Å²) in [5.74, 6) is -0.556. The van der Waals surface area contributed by atoms with Crippen LogP contribution in [0.3, 0.4) is 0 Å². The zero-order chi connectivity index (χ0) is 14.9. The van der Waals surface area contributed by atoms with Crippen LogP contribution in [0.1, 0.15) is 33.6 Å². The van der Waals surface area contributed by atoms with Crippen LogP contribution < -0.4 is 5.32 Å². The Morgan fingerprint density at radius 2 is 1.74 bits per heavy atom. The van der Waals surface area contributed by atoms with Crippen LogP contribution in [0.15, 0.2) is 0 Å². The third-order valence-electron chi connectivity index (χ3n) is 3.91. The molecule has 0 saturated heterocycles. The number of hydrogen-bond acceptors (Lipinski definition) is 5. The van der Waals surface area contributed by atoms with Crippen LogP contribution >= 0.6 is 0 Å². The van der Waals surface area contributed by atoms with Gasteiger partial charge in [-0.15, -0.1) is 0 Å².